The van der Waals surface area contributed by atoms with E-state index in [-0.39, 0.29) is 25.2 Å². The standard InChI is InChI=1S/C10H20N2O4/c1-4-8(9(14)15)5-11-10(16)12(3)7(2)6-13/h7-8,13H,4-6H2,1-3H3,(H,11,16)(H,14,15). The summed E-state index contributed by atoms with van der Waals surface area (Å²) in [7, 11) is 1.55. The van der Waals surface area contributed by atoms with E-state index in [1.165, 1.54) is 4.90 Å². The van der Waals surface area contributed by atoms with Crippen molar-refractivity contribution in [1.82, 2.24) is 10.2 Å². The number of carbonyl (C=O) groups is 2. The minimum Gasteiger partial charge on any atom is -0.481 e. The minimum absolute atomic E-state index is 0.104. The second-order valence-corrected chi connectivity index (χ2v) is 3.77. The van der Waals surface area contributed by atoms with Crippen molar-refractivity contribution in [1.29, 1.82) is 0 Å². The molecule has 0 aliphatic rings. The van der Waals surface area contributed by atoms with Gasteiger partial charge in [0.25, 0.3) is 0 Å². The zero-order valence-electron chi connectivity index (χ0n) is 9.93. The molecule has 0 heterocycles. The van der Waals surface area contributed by atoms with Gasteiger partial charge in [0.05, 0.1) is 18.6 Å². The summed E-state index contributed by atoms with van der Waals surface area (Å²) in [6, 6.07) is -0.661. The molecule has 0 aromatic carbocycles. The van der Waals surface area contributed by atoms with Crippen LogP contribution in [0.5, 0.6) is 0 Å². The fourth-order valence-electron chi connectivity index (χ4n) is 1.06. The lowest BCUT2D eigenvalue weighted by Crippen LogP contribution is -2.45. The van der Waals surface area contributed by atoms with Crippen LogP contribution in [0.25, 0.3) is 0 Å². The lowest BCUT2D eigenvalue weighted by molar-refractivity contribution is -0.141. The topological polar surface area (TPSA) is 89.9 Å². The fourth-order valence-corrected chi connectivity index (χ4v) is 1.06. The highest BCUT2D eigenvalue weighted by Crippen LogP contribution is 2.01. The summed E-state index contributed by atoms with van der Waals surface area (Å²) >= 11 is 0. The van der Waals surface area contributed by atoms with E-state index in [0.29, 0.717) is 6.42 Å². The van der Waals surface area contributed by atoms with E-state index in [1.807, 2.05) is 0 Å². The molecular formula is C10H20N2O4. The lowest BCUT2D eigenvalue weighted by atomic mass is 10.1. The largest absolute Gasteiger partial charge is 0.481 e. The van der Waals surface area contributed by atoms with Crippen LogP contribution in [0.4, 0.5) is 4.79 Å². The maximum Gasteiger partial charge on any atom is 0.317 e. The Balaban J connectivity index is 4.10. The van der Waals surface area contributed by atoms with E-state index in [2.05, 4.69) is 5.32 Å². The molecule has 0 bridgehead atoms. The number of carboxylic acid groups (broad SMARTS) is 1. The van der Waals surface area contributed by atoms with Gasteiger partial charge in [-0.15, -0.1) is 0 Å². The predicted octanol–water partition coefficient (Wildman–Crippen LogP) is 0.119. The van der Waals surface area contributed by atoms with Crippen LogP contribution in [0.2, 0.25) is 0 Å². The molecule has 0 rings (SSSR count). The number of carboxylic acids is 1. The van der Waals surface area contributed by atoms with Gasteiger partial charge in [-0.25, -0.2) is 4.79 Å². The molecule has 0 fully saturated rings. The number of nitrogens with one attached hydrogen (secondary N) is 1. The Morgan fingerprint density at radius 3 is 2.38 bits per heavy atom. The van der Waals surface area contributed by atoms with E-state index >= 15 is 0 Å². The smallest absolute Gasteiger partial charge is 0.317 e. The summed E-state index contributed by atoms with van der Waals surface area (Å²) in [6.07, 6.45) is 0.467. The molecule has 2 unspecified atom stereocenters. The molecule has 3 N–H and O–H groups in total. The Bertz CT molecular complexity index is 245. The van der Waals surface area contributed by atoms with Crippen LogP contribution in [-0.4, -0.2) is 53.4 Å². The predicted molar refractivity (Wildman–Crippen MR) is 59.1 cm³/mol. The Labute approximate surface area is 95.2 Å². The normalized spacial score (nSPS) is 14.0. The van der Waals surface area contributed by atoms with Crippen molar-refractivity contribution in [2.75, 3.05) is 20.2 Å². The third-order valence-corrected chi connectivity index (χ3v) is 2.59. The Kier molecular flexibility index (Phi) is 6.48. The number of urea groups is 1. The summed E-state index contributed by atoms with van der Waals surface area (Å²) in [4.78, 5) is 23.5. The number of amides is 2. The van der Waals surface area contributed by atoms with Gasteiger partial charge in [0, 0.05) is 13.6 Å². The molecule has 16 heavy (non-hydrogen) atoms. The summed E-state index contributed by atoms with van der Waals surface area (Å²) < 4.78 is 0. The van der Waals surface area contributed by atoms with Gasteiger partial charge in [-0.2, -0.15) is 0 Å². The van der Waals surface area contributed by atoms with Gasteiger partial charge >= 0.3 is 12.0 Å². The third-order valence-electron chi connectivity index (χ3n) is 2.59. The van der Waals surface area contributed by atoms with Crippen LogP contribution in [0.15, 0.2) is 0 Å². The number of carbonyl (C=O) groups excluding carboxylic acids is 1. The summed E-state index contributed by atoms with van der Waals surface area (Å²) in [6.45, 7) is 3.44. The zero-order chi connectivity index (χ0) is 12.7. The molecule has 2 atom stereocenters. The average Bonchev–Trinajstić information content (AvgIpc) is 2.26. The molecule has 0 saturated carbocycles. The first-order chi connectivity index (χ1) is 7.43. The lowest BCUT2D eigenvalue weighted by Gasteiger charge is -2.24. The van der Waals surface area contributed by atoms with E-state index < -0.39 is 11.9 Å². The summed E-state index contributed by atoms with van der Waals surface area (Å²) in [5.41, 5.74) is 0. The molecule has 0 radical (unpaired) electrons. The van der Waals surface area contributed by atoms with E-state index in [9.17, 15) is 9.59 Å². The van der Waals surface area contributed by atoms with Crippen LogP contribution in [0.3, 0.4) is 0 Å². The molecular weight excluding hydrogens is 212 g/mol. The van der Waals surface area contributed by atoms with Crippen LogP contribution >= 0.6 is 0 Å². The first kappa shape index (κ1) is 14.7. The van der Waals surface area contributed by atoms with Crippen LogP contribution in [0.1, 0.15) is 20.3 Å². The molecule has 0 aliphatic heterocycles. The number of likely N-dealkylation sites (N-methyl/N-ethyl adjacent to an activating group) is 1. The van der Waals surface area contributed by atoms with Crippen LogP contribution in [-0.2, 0) is 4.79 Å². The van der Waals surface area contributed by atoms with Crippen molar-refractivity contribution in [3.05, 3.63) is 0 Å². The van der Waals surface area contributed by atoms with Gasteiger partial charge in [-0.1, -0.05) is 6.92 Å². The number of nitrogens with zero attached hydrogens (tertiary/aromatic N) is 1. The highest BCUT2D eigenvalue weighted by atomic mass is 16.4. The molecule has 0 aromatic rings. The maximum atomic E-state index is 11.5. The molecule has 6 heteroatoms. The van der Waals surface area contributed by atoms with Crippen molar-refractivity contribution in [3.8, 4) is 0 Å². The van der Waals surface area contributed by atoms with Gasteiger partial charge in [0.2, 0.25) is 0 Å². The molecule has 0 aromatic heterocycles. The molecule has 0 spiro atoms. The summed E-state index contributed by atoms with van der Waals surface area (Å²) in [5.74, 6) is -1.48. The number of hydrogen-bond donors (Lipinski definition) is 3. The second-order valence-electron chi connectivity index (χ2n) is 3.77. The quantitative estimate of drug-likeness (QED) is 0.606. The molecule has 0 aliphatic carbocycles. The Morgan fingerprint density at radius 1 is 1.44 bits per heavy atom. The average molecular weight is 232 g/mol. The van der Waals surface area contributed by atoms with Crippen molar-refractivity contribution in [3.63, 3.8) is 0 Å². The molecule has 6 nitrogen and oxygen atoms in total. The minimum atomic E-state index is -0.916. The van der Waals surface area contributed by atoms with Gasteiger partial charge in [-0.3, -0.25) is 4.79 Å². The SMILES string of the molecule is CCC(CNC(=O)N(C)C(C)CO)C(=O)O. The van der Waals surface area contributed by atoms with Gasteiger partial charge < -0.3 is 20.4 Å². The number of aliphatic hydroxyl groups is 1. The van der Waals surface area contributed by atoms with Gasteiger partial charge in [0.15, 0.2) is 0 Å². The van der Waals surface area contributed by atoms with Gasteiger partial charge in [-0.05, 0) is 13.3 Å². The van der Waals surface area contributed by atoms with E-state index in [0.717, 1.165) is 0 Å². The Morgan fingerprint density at radius 2 is 2.00 bits per heavy atom. The first-order valence-corrected chi connectivity index (χ1v) is 5.28. The highest BCUT2D eigenvalue weighted by molar-refractivity contribution is 5.76. The number of rotatable bonds is 6. The van der Waals surface area contributed by atoms with Crippen molar-refractivity contribution < 1.29 is 19.8 Å². The van der Waals surface area contributed by atoms with Crippen molar-refractivity contribution in [2.45, 2.75) is 26.3 Å². The maximum absolute atomic E-state index is 11.5. The monoisotopic (exact) mass is 232 g/mol. The van der Waals surface area contributed by atoms with Crippen molar-refractivity contribution >= 4 is 12.0 Å². The van der Waals surface area contributed by atoms with E-state index in [1.54, 1.807) is 20.9 Å². The third kappa shape index (κ3) is 4.48. The fraction of sp³-hybridized carbons (Fsp3) is 0.800. The molecule has 94 valence electrons. The number of aliphatic hydroxyl groups excluding tert-OH is 1. The zero-order valence-corrected chi connectivity index (χ0v) is 9.93. The van der Waals surface area contributed by atoms with Crippen LogP contribution in [0, 0.1) is 5.92 Å². The Hall–Kier alpha value is -1.30. The number of aliphatic carboxylic acids is 1. The summed E-state index contributed by atoms with van der Waals surface area (Å²) in [5, 5.41) is 20.2. The highest BCUT2D eigenvalue weighted by Gasteiger charge is 2.19. The van der Waals surface area contributed by atoms with Gasteiger partial charge in [0.1, 0.15) is 0 Å². The number of hydrogen-bond acceptors (Lipinski definition) is 3. The molecule has 2 amide bonds. The van der Waals surface area contributed by atoms with Crippen molar-refractivity contribution in [2.24, 2.45) is 5.92 Å². The second kappa shape index (κ2) is 7.05. The van der Waals surface area contributed by atoms with E-state index in [4.69, 9.17) is 10.2 Å². The van der Waals surface area contributed by atoms with Crippen LogP contribution < -0.4 is 5.32 Å². The molecule has 0 saturated heterocycles. The first-order valence-electron chi connectivity index (χ1n) is 5.28.